The van der Waals surface area contributed by atoms with Gasteiger partial charge in [-0.1, -0.05) is 0 Å². The minimum atomic E-state index is -1.06. The molecule has 0 bridgehead atoms. The number of hydrogen-bond donors (Lipinski definition) is 1. The van der Waals surface area contributed by atoms with Gasteiger partial charge in [0, 0.05) is 6.92 Å². The third-order valence-corrected chi connectivity index (χ3v) is 1.55. The Morgan fingerprint density at radius 3 is 2.57 bits per heavy atom. The molecule has 0 spiro atoms. The van der Waals surface area contributed by atoms with Gasteiger partial charge in [0.1, 0.15) is 11.5 Å². The summed E-state index contributed by atoms with van der Waals surface area (Å²) in [6.45, 7) is 1.12. The summed E-state index contributed by atoms with van der Waals surface area (Å²) < 4.78 is 26.2. The maximum absolute atomic E-state index is 13.2. The van der Waals surface area contributed by atoms with E-state index in [2.05, 4.69) is 0 Å². The van der Waals surface area contributed by atoms with Gasteiger partial charge in [0.15, 0.2) is 12.1 Å². The molecule has 0 saturated heterocycles. The molecule has 0 fully saturated rings. The highest BCUT2D eigenvalue weighted by molar-refractivity contribution is 5.90. The second-order valence-corrected chi connectivity index (χ2v) is 2.62. The lowest BCUT2D eigenvalue weighted by Gasteiger charge is -2.06. The zero-order valence-corrected chi connectivity index (χ0v) is 7.30. The van der Waals surface area contributed by atoms with Gasteiger partial charge in [-0.25, -0.2) is 8.78 Å². The molecule has 1 aromatic rings. The van der Waals surface area contributed by atoms with E-state index < -0.39 is 23.2 Å². The van der Waals surface area contributed by atoms with Crippen molar-refractivity contribution in [1.29, 1.82) is 0 Å². The molecule has 0 saturated carbocycles. The van der Waals surface area contributed by atoms with E-state index in [1.165, 1.54) is 0 Å². The summed E-state index contributed by atoms with van der Waals surface area (Å²) in [6, 6.07) is 1.92. The van der Waals surface area contributed by atoms with Crippen molar-refractivity contribution in [2.45, 2.75) is 6.92 Å². The van der Waals surface area contributed by atoms with Crippen LogP contribution in [0, 0.1) is 11.6 Å². The van der Waals surface area contributed by atoms with E-state index in [0.717, 1.165) is 19.1 Å². The first-order valence-electron chi connectivity index (χ1n) is 3.77. The van der Waals surface area contributed by atoms with Crippen LogP contribution in [-0.4, -0.2) is 12.2 Å². The number of nitrogens with one attached hydrogen (secondary N) is 1. The van der Waals surface area contributed by atoms with E-state index in [0.29, 0.717) is 0 Å². The number of halogens is 2. The first-order valence-corrected chi connectivity index (χ1v) is 3.77. The van der Waals surface area contributed by atoms with Crippen LogP contribution in [0.25, 0.3) is 0 Å². The molecular weight excluding hydrogens is 192 g/mol. The van der Waals surface area contributed by atoms with Crippen molar-refractivity contribution in [3.63, 3.8) is 0 Å². The summed E-state index contributed by atoms with van der Waals surface area (Å²) in [5.74, 6) is -2.58. The van der Waals surface area contributed by atoms with Crippen LogP contribution in [-0.2, 0) is 4.79 Å². The number of amides is 1. The van der Waals surface area contributed by atoms with E-state index in [1.54, 1.807) is 0 Å². The topological polar surface area (TPSA) is 46.2 Å². The van der Waals surface area contributed by atoms with Gasteiger partial charge < -0.3 is 5.32 Å². The molecule has 1 aromatic carbocycles. The average molecular weight is 199 g/mol. The SMILES string of the molecule is CC(=O)Nc1c(F)ccc(C=O)c1F. The molecule has 1 rings (SSSR count). The average Bonchev–Trinajstić information content (AvgIpc) is 2.12. The normalized spacial score (nSPS) is 9.64. The van der Waals surface area contributed by atoms with Gasteiger partial charge in [0.25, 0.3) is 0 Å². The summed E-state index contributed by atoms with van der Waals surface area (Å²) in [5.41, 5.74) is -0.891. The fourth-order valence-electron chi connectivity index (χ4n) is 0.950. The van der Waals surface area contributed by atoms with Crippen molar-refractivity contribution in [2.75, 3.05) is 5.32 Å². The molecule has 0 atom stereocenters. The van der Waals surface area contributed by atoms with Gasteiger partial charge in [-0.3, -0.25) is 9.59 Å². The summed E-state index contributed by atoms with van der Waals surface area (Å²) in [7, 11) is 0. The van der Waals surface area contributed by atoms with Crippen molar-refractivity contribution in [1.82, 2.24) is 0 Å². The van der Waals surface area contributed by atoms with Crippen LogP contribution in [0.4, 0.5) is 14.5 Å². The van der Waals surface area contributed by atoms with Gasteiger partial charge in [-0.05, 0) is 12.1 Å². The highest BCUT2D eigenvalue weighted by atomic mass is 19.1. The third kappa shape index (κ3) is 1.93. The summed E-state index contributed by atoms with van der Waals surface area (Å²) in [5, 5.41) is 1.97. The molecule has 1 amide bonds. The van der Waals surface area contributed by atoms with Crippen LogP contribution in [0.2, 0.25) is 0 Å². The predicted octanol–water partition coefficient (Wildman–Crippen LogP) is 1.74. The molecule has 0 aromatic heterocycles. The van der Waals surface area contributed by atoms with Crippen LogP contribution in [0.1, 0.15) is 17.3 Å². The fraction of sp³-hybridized carbons (Fsp3) is 0.111. The minimum absolute atomic E-state index is 0.250. The second kappa shape index (κ2) is 3.95. The second-order valence-electron chi connectivity index (χ2n) is 2.62. The van der Waals surface area contributed by atoms with Crippen molar-refractivity contribution in [3.8, 4) is 0 Å². The summed E-state index contributed by atoms with van der Waals surface area (Å²) in [6.07, 6.45) is 0.250. The molecule has 14 heavy (non-hydrogen) atoms. The highest BCUT2D eigenvalue weighted by Crippen LogP contribution is 2.20. The number of aldehydes is 1. The van der Waals surface area contributed by atoms with Crippen LogP contribution in [0.3, 0.4) is 0 Å². The number of anilines is 1. The number of rotatable bonds is 2. The molecular formula is C9H7F2NO2. The van der Waals surface area contributed by atoms with Gasteiger partial charge >= 0.3 is 0 Å². The maximum atomic E-state index is 13.2. The molecule has 1 N–H and O–H groups in total. The quantitative estimate of drug-likeness (QED) is 0.737. The Balaban J connectivity index is 3.24. The van der Waals surface area contributed by atoms with Gasteiger partial charge in [-0.15, -0.1) is 0 Å². The van der Waals surface area contributed by atoms with Gasteiger partial charge in [0.05, 0.1) is 5.56 Å². The molecule has 0 unspecified atom stereocenters. The number of hydrogen-bond acceptors (Lipinski definition) is 2. The molecule has 0 radical (unpaired) electrons. The van der Waals surface area contributed by atoms with Crippen LogP contribution in [0.15, 0.2) is 12.1 Å². The lowest BCUT2D eigenvalue weighted by atomic mass is 10.2. The van der Waals surface area contributed by atoms with Crippen molar-refractivity contribution in [2.24, 2.45) is 0 Å². The molecule has 0 aliphatic rings. The molecule has 3 nitrogen and oxygen atoms in total. The summed E-state index contributed by atoms with van der Waals surface area (Å²) >= 11 is 0. The van der Waals surface area contributed by atoms with Gasteiger partial charge in [0.2, 0.25) is 5.91 Å². The molecule has 0 aliphatic carbocycles. The van der Waals surface area contributed by atoms with E-state index in [-0.39, 0.29) is 11.8 Å². The Bertz CT molecular complexity index is 391. The van der Waals surface area contributed by atoms with Crippen LogP contribution >= 0.6 is 0 Å². The lowest BCUT2D eigenvalue weighted by molar-refractivity contribution is -0.114. The Morgan fingerprint density at radius 2 is 2.07 bits per heavy atom. The predicted molar refractivity (Wildman–Crippen MR) is 46.0 cm³/mol. The zero-order valence-electron chi connectivity index (χ0n) is 7.30. The minimum Gasteiger partial charge on any atom is -0.321 e. The van der Waals surface area contributed by atoms with E-state index in [4.69, 9.17) is 0 Å². The van der Waals surface area contributed by atoms with Crippen molar-refractivity contribution < 1.29 is 18.4 Å². The molecule has 0 aliphatic heterocycles. The Hall–Kier alpha value is -1.78. The Morgan fingerprint density at radius 1 is 1.43 bits per heavy atom. The van der Waals surface area contributed by atoms with Crippen molar-refractivity contribution >= 4 is 17.9 Å². The van der Waals surface area contributed by atoms with E-state index in [9.17, 15) is 18.4 Å². The maximum Gasteiger partial charge on any atom is 0.221 e. The van der Waals surface area contributed by atoms with E-state index >= 15 is 0 Å². The molecule has 5 heteroatoms. The van der Waals surface area contributed by atoms with Crippen LogP contribution in [0.5, 0.6) is 0 Å². The first-order chi connectivity index (χ1) is 6.56. The highest BCUT2D eigenvalue weighted by Gasteiger charge is 2.13. The fourth-order valence-corrected chi connectivity index (χ4v) is 0.950. The number of carbonyl (C=O) groups excluding carboxylic acids is 2. The molecule has 0 heterocycles. The smallest absolute Gasteiger partial charge is 0.221 e. The largest absolute Gasteiger partial charge is 0.321 e. The number of carbonyl (C=O) groups is 2. The first kappa shape index (κ1) is 10.3. The van der Waals surface area contributed by atoms with Crippen LogP contribution < -0.4 is 5.32 Å². The standard InChI is InChI=1S/C9H7F2NO2/c1-5(14)12-9-7(10)3-2-6(4-13)8(9)11/h2-4H,1H3,(H,12,14). The lowest BCUT2D eigenvalue weighted by Crippen LogP contribution is -2.10. The third-order valence-electron chi connectivity index (χ3n) is 1.55. The van der Waals surface area contributed by atoms with Gasteiger partial charge in [-0.2, -0.15) is 0 Å². The zero-order chi connectivity index (χ0) is 10.7. The Kier molecular flexibility index (Phi) is 2.91. The summed E-state index contributed by atoms with van der Waals surface area (Å²) in [4.78, 5) is 20.9. The molecule has 74 valence electrons. The van der Waals surface area contributed by atoms with E-state index in [1.807, 2.05) is 5.32 Å². The van der Waals surface area contributed by atoms with Crippen molar-refractivity contribution in [3.05, 3.63) is 29.3 Å². The Labute approximate surface area is 78.7 Å². The number of benzene rings is 1. The monoisotopic (exact) mass is 199 g/mol.